The van der Waals surface area contributed by atoms with Crippen LogP contribution in [-0.2, 0) is 6.42 Å². The molecule has 0 atom stereocenters. The summed E-state index contributed by atoms with van der Waals surface area (Å²) in [5, 5.41) is 7.01. The maximum Gasteiger partial charge on any atom is 0.126 e. The zero-order chi connectivity index (χ0) is 6.85. The van der Waals surface area contributed by atoms with E-state index in [1.165, 1.54) is 11.3 Å². The summed E-state index contributed by atoms with van der Waals surface area (Å²) in [4.78, 5) is 0. The van der Waals surface area contributed by atoms with Gasteiger partial charge in [0.2, 0.25) is 0 Å². The Morgan fingerprint density at radius 3 is 2.56 bits per heavy atom. The van der Waals surface area contributed by atoms with Crippen molar-refractivity contribution in [1.29, 1.82) is 0 Å². The number of H-pyrrole nitrogens is 1. The van der Waals surface area contributed by atoms with Gasteiger partial charge in [-0.05, 0) is 35.9 Å². The second kappa shape index (κ2) is 2.68. The van der Waals surface area contributed by atoms with Gasteiger partial charge >= 0.3 is 0 Å². The number of hydrogen-bond acceptors (Lipinski definition) is 1. The van der Waals surface area contributed by atoms with E-state index >= 15 is 0 Å². The van der Waals surface area contributed by atoms with Crippen LogP contribution < -0.4 is 0 Å². The molecule has 1 heterocycles. The van der Waals surface area contributed by atoms with E-state index in [1.807, 2.05) is 0 Å². The largest absolute Gasteiger partial charge is 0.281 e. The van der Waals surface area contributed by atoms with E-state index in [2.05, 4.69) is 46.6 Å². The normalized spacial score (nSPS) is 10.1. The second-order valence-corrected chi connectivity index (χ2v) is 2.99. The van der Waals surface area contributed by atoms with Crippen LogP contribution in [0.4, 0.5) is 0 Å². The molecule has 0 aliphatic carbocycles. The minimum atomic E-state index is 1.04. The van der Waals surface area contributed by atoms with Crippen molar-refractivity contribution in [3.63, 3.8) is 0 Å². The highest BCUT2D eigenvalue weighted by atomic mass is 127. The Kier molecular flexibility index (Phi) is 2.10. The highest BCUT2D eigenvalue weighted by Crippen LogP contribution is 2.11. The van der Waals surface area contributed by atoms with E-state index in [4.69, 9.17) is 0 Å². The van der Waals surface area contributed by atoms with Crippen LogP contribution in [0, 0.1) is 10.6 Å². The predicted octanol–water partition coefficient (Wildman–Crippen LogP) is 1.89. The van der Waals surface area contributed by atoms with Crippen LogP contribution >= 0.6 is 22.6 Å². The Hall–Kier alpha value is -0.0600. The lowest BCUT2D eigenvalue weighted by molar-refractivity contribution is 0.964. The molecule has 1 rings (SSSR count). The molecule has 3 heteroatoms. The molecule has 2 nitrogen and oxygen atoms in total. The summed E-state index contributed by atoms with van der Waals surface area (Å²) in [6.07, 6.45) is 1.04. The molecule has 0 saturated heterocycles. The van der Waals surface area contributed by atoms with E-state index in [0.29, 0.717) is 0 Å². The summed E-state index contributed by atoms with van der Waals surface area (Å²) < 4.78 is 1.09. The van der Waals surface area contributed by atoms with Gasteiger partial charge in [-0.1, -0.05) is 6.92 Å². The third kappa shape index (κ3) is 1.26. The van der Waals surface area contributed by atoms with E-state index in [1.54, 1.807) is 0 Å². The molecule has 1 N–H and O–H groups in total. The molecule has 0 amide bonds. The molecule has 0 bridgehead atoms. The average molecular weight is 236 g/mol. The molecule has 0 spiro atoms. The molecular weight excluding hydrogens is 227 g/mol. The van der Waals surface area contributed by atoms with Gasteiger partial charge in [-0.25, -0.2) is 0 Å². The molecule has 0 aliphatic heterocycles. The average Bonchev–Trinajstić information content (AvgIpc) is 2.15. The highest BCUT2D eigenvalue weighted by Gasteiger charge is 2.01. The maximum atomic E-state index is 4.05. The molecular formula is C6H9IN2. The third-order valence-corrected chi connectivity index (χ3v) is 2.45. The number of nitrogens with one attached hydrogen (secondary N) is 1. The lowest BCUT2D eigenvalue weighted by atomic mass is 10.2. The Labute approximate surface area is 68.2 Å². The number of hydrogen-bond donors (Lipinski definition) is 1. The first-order chi connectivity index (χ1) is 4.25. The fourth-order valence-corrected chi connectivity index (χ4v) is 1.20. The van der Waals surface area contributed by atoms with Gasteiger partial charge in [0.05, 0.1) is 0 Å². The SMILES string of the molecule is CCc1[nH]nc(I)c1C. The molecule has 0 aromatic carbocycles. The van der Waals surface area contributed by atoms with Crippen molar-refractivity contribution >= 4 is 22.6 Å². The Morgan fingerprint density at radius 1 is 1.67 bits per heavy atom. The molecule has 0 aliphatic rings. The van der Waals surface area contributed by atoms with Crippen molar-refractivity contribution < 1.29 is 0 Å². The van der Waals surface area contributed by atoms with E-state index in [0.717, 1.165) is 10.1 Å². The van der Waals surface area contributed by atoms with Crippen LogP contribution in [0.2, 0.25) is 0 Å². The number of aryl methyl sites for hydroxylation is 1. The van der Waals surface area contributed by atoms with Crippen molar-refractivity contribution in [1.82, 2.24) is 10.2 Å². The smallest absolute Gasteiger partial charge is 0.126 e. The van der Waals surface area contributed by atoms with Crippen molar-refractivity contribution in [2.24, 2.45) is 0 Å². The summed E-state index contributed by atoms with van der Waals surface area (Å²) >= 11 is 2.23. The highest BCUT2D eigenvalue weighted by molar-refractivity contribution is 14.1. The van der Waals surface area contributed by atoms with Gasteiger partial charge in [0.25, 0.3) is 0 Å². The van der Waals surface area contributed by atoms with Crippen LogP contribution in [0.5, 0.6) is 0 Å². The van der Waals surface area contributed by atoms with E-state index in [-0.39, 0.29) is 0 Å². The molecule has 0 saturated carbocycles. The zero-order valence-corrected chi connectivity index (χ0v) is 7.69. The molecule has 0 radical (unpaired) electrons. The first-order valence-corrected chi connectivity index (χ1v) is 4.03. The fraction of sp³-hybridized carbons (Fsp3) is 0.500. The zero-order valence-electron chi connectivity index (χ0n) is 5.53. The summed E-state index contributed by atoms with van der Waals surface area (Å²) in [5.74, 6) is 0. The molecule has 50 valence electrons. The van der Waals surface area contributed by atoms with Crippen molar-refractivity contribution in [3.8, 4) is 0 Å². The lowest BCUT2D eigenvalue weighted by Gasteiger charge is -1.88. The van der Waals surface area contributed by atoms with E-state index in [9.17, 15) is 0 Å². The topological polar surface area (TPSA) is 28.7 Å². The van der Waals surface area contributed by atoms with Crippen molar-refractivity contribution in [2.75, 3.05) is 0 Å². The monoisotopic (exact) mass is 236 g/mol. The lowest BCUT2D eigenvalue weighted by Crippen LogP contribution is -1.81. The number of aromatic nitrogens is 2. The van der Waals surface area contributed by atoms with Crippen molar-refractivity contribution in [3.05, 3.63) is 15.0 Å². The van der Waals surface area contributed by atoms with Gasteiger partial charge in [-0.15, -0.1) is 0 Å². The number of aromatic amines is 1. The Bertz CT molecular complexity index is 205. The minimum absolute atomic E-state index is 1.04. The molecule has 1 aromatic heterocycles. The van der Waals surface area contributed by atoms with Gasteiger partial charge in [-0.3, -0.25) is 5.10 Å². The van der Waals surface area contributed by atoms with Crippen LogP contribution in [0.15, 0.2) is 0 Å². The summed E-state index contributed by atoms with van der Waals surface area (Å²) in [6.45, 7) is 4.21. The second-order valence-electron chi connectivity index (χ2n) is 1.97. The Balaban J connectivity index is 3.04. The van der Waals surface area contributed by atoms with Gasteiger partial charge in [0.1, 0.15) is 3.70 Å². The Morgan fingerprint density at radius 2 is 2.33 bits per heavy atom. The predicted molar refractivity (Wildman–Crippen MR) is 45.4 cm³/mol. The van der Waals surface area contributed by atoms with Crippen LogP contribution in [0.25, 0.3) is 0 Å². The molecule has 0 unspecified atom stereocenters. The van der Waals surface area contributed by atoms with Crippen LogP contribution in [-0.4, -0.2) is 10.2 Å². The standard InChI is InChI=1S/C6H9IN2/c1-3-5-4(2)6(7)9-8-5/h3H2,1-2H3,(H,8,9). The minimum Gasteiger partial charge on any atom is -0.281 e. The fourth-order valence-electron chi connectivity index (χ4n) is 0.753. The summed E-state index contributed by atoms with van der Waals surface area (Å²) in [7, 11) is 0. The first kappa shape index (κ1) is 7.05. The summed E-state index contributed by atoms with van der Waals surface area (Å²) in [5.41, 5.74) is 2.54. The quantitative estimate of drug-likeness (QED) is 0.741. The van der Waals surface area contributed by atoms with Gasteiger partial charge < -0.3 is 0 Å². The van der Waals surface area contributed by atoms with Gasteiger partial charge in [0.15, 0.2) is 0 Å². The third-order valence-electron chi connectivity index (χ3n) is 1.40. The summed E-state index contributed by atoms with van der Waals surface area (Å²) in [6, 6.07) is 0. The van der Waals surface area contributed by atoms with Crippen molar-refractivity contribution in [2.45, 2.75) is 20.3 Å². The number of nitrogens with zero attached hydrogens (tertiary/aromatic N) is 1. The number of halogens is 1. The van der Waals surface area contributed by atoms with E-state index < -0.39 is 0 Å². The first-order valence-electron chi connectivity index (χ1n) is 2.95. The molecule has 1 aromatic rings. The molecule has 0 fully saturated rings. The number of rotatable bonds is 1. The van der Waals surface area contributed by atoms with Gasteiger partial charge in [-0.2, -0.15) is 5.10 Å². The van der Waals surface area contributed by atoms with Gasteiger partial charge in [0, 0.05) is 11.3 Å². The maximum absolute atomic E-state index is 4.05. The van der Waals surface area contributed by atoms with Crippen LogP contribution in [0.3, 0.4) is 0 Å². The van der Waals surface area contributed by atoms with Crippen LogP contribution in [0.1, 0.15) is 18.2 Å². The molecule has 9 heavy (non-hydrogen) atoms.